The first-order valence-electron chi connectivity index (χ1n) is 3.59. The van der Waals surface area contributed by atoms with Gasteiger partial charge in [-0.15, -0.1) is 0 Å². The van der Waals surface area contributed by atoms with Crippen molar-refractivity contribution in [1.29, 1.82) is 0 Å². The summed E-state index contributed by atoms with van der Waals surface area (Å²) in [5.41, 5.74) is 0.0613. The average Bonchev–Trinajstić information content (AvgIpc) is 1.53. The minimum Gasteiger partial charge on any atom is -0.479 e. The van der Waals surface area contributed by atoms with Crippen LogP contribution < -0.4 is 29.6 Å². The molecule has 56 valence electrons. The minimum atomic E-state index is -0.786. The summed E-state index contributed by atoms with van der Waals surface area (Å²) < 4.78 is 4.95. The van der Waals surface area contributed by atoms with Crippen LogP contribution in [0, 0.1) is 5.41 Å². The number of hydrogen-bond acceptors (Lipinski definition) is 2. The number of ether oxygens (including phenoxy) is 1. The van der Waals surface area contributed by atoms with E-state index < -0.39 is 12.1 Å². The van der Waals surface area contributed by atoms with Crippen LogP contribution in [-0.2, 0) is 9.53 Å². The van der Waals surface area contributed by atoms with E-state index in [0.29, 0.717) is 6.61 Å². The number of rotatable bonds is 1. The summed E-state index contributed by atoms with van der Waals surface area (Å²) >= 11 is 0. The Hall–Kier alpha value is 0.430. The van der Waals surface area contributed by atoms with Crippen molar-refractivity contribution >= 4 is 5.97 Å². The van der Waals surface area contributed by atoms with Crippen molar-refractivity contribution in [2.24, 2.45) is 5.41 Å². The van der Waals surface area contributed by atoms with Crippen LogP contribution in [0.25, 0.3) is 0 Å². The van der Waals surface area contributed by atoms with Gasteiger partial charge in [-0.05, 0) is 12.8 Å². The summed E-state index contributed by atoms with van der Waals surface area (Å²) in [6.45, 7) is 0.671. The number of carboxylic acid groups (broad SMARTS) is 1. The second-order valence-corrected chi connectivity index (χ2v) is 3.25. The van der Waals surface area contributed by atoms with Gasteiger partial charge in [-0.25, -0.2) is 4.79 Å². The van der Waals surface area contributed by atoms with Gasteiger partial charge in [0.1, 0.15) is 0 Å². The van der Waals surface area contributed by atoms with Crippen molar-refractivity contribution in [3.05, 3.63) is 0 Å². The molecule has 0 radical (unpaired) electrons. The summed E-state index contributed by atoms with van der Waals surface area (Å²) in [6, 6.07) is 0. The largest absolute Gasteiger partial charge is 1.00 e. The standard InChI is InChI=1S/C7H10O3.Na/c8-6(9)5-7(4-10-5)2-1-3-7;/h5H,1-4H2,(H,8,9);/q;+1. The van der Waals surface area contributed by atoms with Crippen LogP contribution in [0.2, 0.25) is 0 Å². The van der Waals surface area contributed by atoms with Gasteiger partial charge >= 0.3 is 35.5 Å². The van der Waals surface area contributed by atoms with E-state index in [1.807, 2.05) is 0 Å². The maximum absolute atomic E-state index is 10.5. The number of carbonyl (C=O) groups is 1. The van der Waals surface area contributed by atoms with E-state index in [1.165, 1.54) is 6.42 Å². The Balaban J connectivity index is 0.000000605. The first kappa shape index (κ1) is 9.52. The van der Waals surface area contributed by atoms with Gasteiger partial charge in [0, 0.05) is 5.41 Å². The molecule has 0 amide bonds. The monoisotopic (exact) mass is 165 g/mol. The summed E-state index contributed by atoms with van der Waals surface area (Å²) in [6.07, 6.45) is 2.78. The zero-order valence-corrected chi connectivity index (χ0v) is 8.67. The van der Waals surface area contributed by atoms with E-state index in [4.69, 9.17) is 9.84 Å². The van der Waals surface area contributed by atoms with Crippen LogP contribution in [-0.4, -0.2) is 23.8 Å². The normalized spacial score (nSPS) is 31.5. The molecule has 1 aliphatic heterocycles. The van der Waals surface area contributed by atoms with Crippen LogP contribution in [0.3, 0.4) is 0 Å². The fraction of sp³-hybridized carbons (Fsp3) is 0.857. The molecule has 0 aromatic rings. The number of carboxylic acids is 1. The Morgan fingerprint density at radius 1 is 1.55 bits per heavy atom. The molecule has 0 bridgehead atoms. The van der Waals surface area contributed by atoms with Gasteiger partial charge in [-0.2, -0.15) is 0 Å². The molecular weight excluding hydrogens is 155 g/mol. The Bertz CT molecular complexity index is 171. The van der Waals surface area contributed by atoms with Crippen LogP contribution >= 0.6 is 0 Å². The van der Waals surface area contributed by atoms with Gasteiger partial charge < -0.3 is 9.84 Å². The van der Waals surface area contributed by atoms with E-state index in [9.17, 15) is 4.79 Å². The Morgan fingerprint density at radius 2 is 2.18 bits per heavy atom. The molecule has 1 aliphatic carbocycles. The Morgan fingerprint density at radius 3 is 2.27 bits per heavy atom. The average molecular weight is 165 g/mol. The summed E-state index contributed by atoms with van der Waals surface area (Å²) in [7, 11) is 0. The number of aliphatic carboxylic acids is 1. The third kappa shape index (κ3) is 1.24. The fourth-order valence-electron chi connectivity index (χ4n) is 1.77. The predicted octanol–water partition coefficient (Wildman–Crippen LogP) is -2.36. The molecule has 0 aromatic carbocycles. The van der Waals surface area contributed by atoms with E-state index in [1.54, 1.807) is 0 Å². The summed E-state index contributed by atoms with van der Waals surface area (Å²) in [5.74, 6) is -0.786. The topological polar surface area (TPSA) is 46.5 Å². The molecule has 4 heteroatoms. The van der Waals surface area contributed by atoms with Gasteiger partial charge in [0.15, 0.2) is 6.10 Å². The van der Waals surface area contributed by atoms with Gasteiger partial charge in [-0.3, -0.25) is 0 Å². The molecule has 1 atom stereocenters. The maximum atomic E-state index is 10.5. The van der Waals surface area contributed by atoms with Crippen molar-refractivity contribution in [3.63, 3.8) is 0 Å². The van der Waals surface area contributed by atoms with Crippen molar-refractivity contribution in [2.45, 2.75) is 25.4 Å². The number of hydrogen-bond donors (Lipinski definition) is 1. The Labute approximate surface area is 87.4 Å². The van der Waals surface area contributed by atoms with E-state index >= 15 is 0 Å². The molecule has 1 saturated heterocycles. The zero-order valence-electron chi connectivity index (χ0n) is 6.67. The first-order valence-corrected chi connectivity index (χ1v) is 3.59. The van der Waals surface area contributed by atoms with Gasteiger partial charge in [0.05, 0.1) is 6.61 Å². The summed E-state index contributed by atoms with van der Waals surface area (Å²) in [5, 5.41) is 8.61. The van der Waals surface area contributed by atoms with Crippen molar-refractivity contribution in [1.82, 2.24) is 0 Å². The van der Waals surface area contributed by atoms with Crippen LogP contribution in [0.1, 0.15) is 19.3 Å². The maximum Gasteiger partial charge on any atom is 1.00 e. The quantitative estimate of drug-likeness (QED) is 0.442. The van der Waals surface area contributed by atoms with E-state index in [-0.39, 0.29) is 35.0 Å². The minimum absolute atomic E-state index is 0. The SMILES string of the molecule is O=C(O)C1OCC12CCC2.[Na+]. The van der Waals surface area contributed by atoms with Crippen molar-refractivity contribution in [3.8, 4) is 0 Å². The van der Waals surface area contributed by atoms with Crippen molar-refractivity contribution < 1.29 is 44.2 Å². The molecule has 11 heavy (non-hydrogen) atoms. The van der Waals surface area contributed by atoms with Gasteiger partial charge in [0.25, 0.3) is 0 Å². The molecule has 2 aliphatic rings. The first-order chi connectivity index (χ1) is 4.75. The molecule has 2 rings (SSSR count). The van der Waals surface area contributed by atoms with Crippen LogP contribution in [0.4, 0.5) is 0 Å². The smallest absolute Gasteiger partial charge is 0.479 e. The fourth-order valence-corrected chi connectivity index (χ4v) is 1.77. The molecule has 1 N–H and O–H groups in total. The molecule has 3 nitrogen and oxygen atoms in total. The predicted molar refractivity (Wildman–Crippen MR) is 33.7 cm³/mol. The molecular formula is C7H10NaO3+. The van der Waals surface area contributed by atoms with Crippen LogP contribution in [0.15, 0.2) is 0 Å². The van der Waals surface area contributed by atoms with Crippen LogP contribution in [0.5, 0.6) is 0 Å². The van der Waals surface area contributed by atoms with E-state index in [2.05, 4.69) is 0 Å². The van der Waals surface area contributed by atoms with Crippen molar-refractivity contribution in [2.75, 3.05) is 6.61 Å². The second kappa shape index (κ2) is 3.05. The molecule has 1 saturated carbocycles. The molecule has 1 spiro atoms. The van der Waals surface area contributed by atoms with E-state index in [0.717, 1.165) is 12.8 Å². The summed E-state index contributed by atoms with van der Waals surface area (Å²) in [4.78, 5) is 10.5. The molecule has 0 aromatic heterocycles. The molecule has 1 unspecified atom stereocenters. The second-order valence-electron chi connectivity index (χ2n) is 3.25. The van der Waals surface area contributed by atoms with Gasteiger partial charge in [0.2, 0.25) is 0 Å². The molecule has 2 fully saturated rings. The molecule has 1 heterocycles. The zero-order chi connectivity index (χ0) is 7.19. The third-order valence-electron chi connectivity index (χ3n) is 2.67. The third-order valence-corrected chi connectivity index (χ3v) is 2.67. The Kier molecular flexibility index (Phi) is 2.64. The van der Waals surface area contributed by atoms with Gasteiger partial charge in [-0.1, -0.05) is 6.42 Å².